The number of rotatable bonds is 12. The normalized spacial score (nSPS) is 14.5. The van der Waals surface area contributed by atoms with E-state index in [9.17, 15) is 29.3 Å². The molecule has 1 aliphatic carbocycles. The van der Waals surface area contributed by atoms with Gasteiger partial charge in [0.1, 0.15) is 15.9 Å². The molecule has 2 atom stereocenters. The summed E-state index contributed by atoms with van der Waals surface area (Å²) in [5.41, 5.74) is 2.47. The van der Waals surface area contributed by atoms with E-state index in [0.29, 0.717) is 27.1 Å². The van der Waals surface area contributed by atoms with E-state index >= 15 is 0 Å². The number of thioether (sulfide) groups is 1. The average molecular weight is 803 g/mol. The lowest BCUT2D eigenvalue weighted by molar-refractivity contribution is -0.385. The molecule has 11 nitrogen and oxygen atoms in total. The third-order valence-electron chi connectivity index (χ3n) is 9.76. The van der Waals surface area contributed by atoms with Crippen LogP contribution in [0.1, 0.15) is 74.7 Å². The van der Waals surface area contributed by atoms with Gasteiger partial charge >= 0.3 is 5.97 Å². The maximum Gasteiger partial charge on any atom is 0.341 e. The van der Waals surface area contributed by atoms with E-state index in [1.54, 1.807) is 60.7 Å². The largest absolute Gasteiger partial charge is 0.465 e. The minimum atomic E-state index is -0.761. The Bertz CT molecular complexity index is 2340. The van der Waals surface area contributed by atoms with Crippen LogP contribution in [0.2, 0.25) is 0 Å². The highest BCUT2D eigenvalue weighted by molar-refractivity contribution is 8.00. The van der Waals surface area contributed by atoms with Crippen LogP contribution < -0.4 is 16.0 Å². The fourth-order valence-electron chi connectivity index (χ4n) is 6.66. The second kappa shape index (κ2) is 17.8. The van der Waals surface area contributed by atoms with Crippen LogP contribution in [0.3, 0.4) is 0 Å². The molecule has 3 N–H and O–H groups in total. The van der Waals surface area contributed by atoms with Gasteiger partial charge in [0.25, 0.3) is 17.5 Å². The van der Waals surface area contributed by atoms with Crippen molar-refractivity contribution in [2.24, 2.45) is 11.3 Å². The summed E-state index contributed by atoms with van der Waals surface area (Å²) in [5, 5.41) is 20.0. The molecule has 1 aliphatic rings. The van der Waals surface area contributed by atoms with Crippen molar-refractivity contribution in [1.82, 2.24) is 5.32 Å². The second-order valence-electron chi connectivity index (χ2n) is 14.6. The Hall–Kier alpha value is -6.05. The molecule has 0 radical (unpaired) electrons. The van der Waals surface area contributed by atoms with E-state index in [-0.39, 0.29) is 33.8 Å². The van der Waals surface area contributed by atoms with Crippen LogP contribution in [0.15, 0.2) is 120 Å². The summed E-state index contributed by atoms with van der Waals surface area (Å²) >= 11 is 2.69. The highest BCUT2D eigenvalue weighted by Crippen LogP contribution is 2.45. The number of nitro benzene ring substituents is 1. The standard InChI is InChI=1S/C44H42N4O7S2/c1-44(2,3)30-22-23-33-36(25-30)57-42(37(33)43(52)55-4)47-41(51)38(27-14-7-5-8-15-27)56-32-20-13-19-31(26-32)45-40(50)34(46-39(49)28-16-9-6-10-17-28)24-29-18-11-12-21-35(29)48(53)54/h5-21,24,26,30,38H,22-23,25H2,1-4H3,(H,45,50)(H,46,49)(H,47,51)/b34-24+. The van der Waals surface area contributed by atoms with Gasteiger partial charge in [0, 0.05) is 27.1 Å². The molecule has 2 unspecified atom stereocenters. The summed E-state index contributed by atoms with van der Waals surface area (Å²) < 4.78 is 5.19. The summed E-state index contributed by atoms with van der Waals surface area (Å²) in [6.45, 7) is 6.67. The smallest absolute Gasteiger partial charge is 0.341 e. The Morgan fingerprint density at radius 1 is 0.912 bits per heavy atom. The molecule has 0 aliphatic heterocycles. The van der Waals surface area contributed by atoms with Crippen molar-refractivity contribution in [3.63, 3.8) is 0 Å². The molecular formula is C44H42N4O7S2. The molecule has 5 aromatic rings. The Labute approximate surface area is 339 Å². The average Bonchev–Trinajstić information content (AvgIpc) is 3.57. The molecule has 13 heteroatoms. The third-order valence-corrected chi connectivity index (χ3v) is 12.2. The number of methoxy groups -OCH3 is 1. The van der Waals surface area contributed by atoms with Gasteiger partial charge in [-0.2, -0.15) is 0 Å². The van der Waals surface area contributed by atoms with E-state index in [1.807, 2.05) is 30.3 Å². The molecule has 1 heterocycles. The molecule has 57 heavy (non-hydrogen) atoms. The number of para-hydroxylation sites is 1. The lowest BCUT2D eigenvalue weighted by atomic mass is 9.72. The van der Waals surface area contributed by atoms with Crippen LogP contribution in [0, 0.1) is 21.4 Å². The molecule has 3 amide bonds. The maximum atomic E-state index is 14.3. The monoisotopic (exact) mass is 802 g/mol. The molecule has 0 fully saturated rings. The van der Waals surface area contributed by atoms with Crippen LogP contribution in [0.4, 0.5) is 16.4 Å². The van der Waals surface area contributed by atoms with Crippen LogP contribution in [-0.4, -0.2) is 35.7 Å². The van der Waals surface area contributed by atoms with Crippen molar-refractivity contribution in [1.29, 1.82) is 0 Å². The van der Waals surface area contributed by atoms with Gasteiger partial charge in [0.05, 0.1) is 23.2 Å². The number of amides is 3. The first kappa shape index (κ1) is 40.6. The number of carbonyl (C=O) groups is 4. The molecule has 0 saturated carbocycles. The van der Waals surface area contributed by atoms with Crippen molar-refractivity contribution in [3.05, 3.63) is 158 Å². The molecule has 0 saturated heterocycles. The Morgan fingerprint density at radius 2 is 1.60 bits per heavy atom. The summed E-state index contributed by atoms with van der Waals surface area (Å²) in [6, 6.07) is 30.3. The Kier molecular flexibility index (Phi) is 12.7. The first-order valence-electron chi connectivity index (χ1n) is 18.3. The number of carbonyl (C=O) groups excluding carboxylic acids is 4. The number of ether oxygens (including phenoxy) is 1. The van der Waals surface area contributed by atoms with E-state index in [4.69, 9.17) is 4.74 Å². The molecule has 1 aromatic heterocycles. The topological polar surface area (TPSA) is 157 Å². The van der Waals surface area contributed by atoms with Crippen LogP contribution in [-0.2, 0) is 27.2 Å². The Morgan fingerprint density at radius 3 is 2.28 bits per heavy atom. The Balaban J connectivity index is 1.27. The lowest BCUT2D eigenvalue weighted by Crippen LogP contribution is -2.30. The molecule has 6 rings (SSSR count). The van der Waals surface area contributed by atoms with Crippen molar-refractivity contribution in [2.45, 2.75) is 50.2 Å². The number of nitrogens with one attached hydrogen (secondary N) is 3. The molecule has 0 bridgehead atoms. The van der Waals surface area contributed by atoms with E-state index in [1.165, 1.54) is 54.5 Å². The number of benzene rings is 4. The maximum absolute atomic E-state index is 14.3. The van der Waals surface area contributed by atoms with Gasteiger partial charge in [-0.25, -0.2) is 4.79 Å². The van der Waals surface area contributed by atoms with Gasteiger partial charge in [0.2, 0.25) is 5.91 Å². The number of thiophene rings is 1. The molecule has 4 aromatic carbocycles. The van der Waals surface area contributed by atoms with Gasteiger partial charge in [-0.1, -0.05) is 87.5 Å². The molecule has 292 valence electrons. The summed E-state index contributed by atoms with van der Waals surface area (Å²) in [5.74, 6) is -1.69. The van der Waals surface area contributed by atoms with Crippen molar-refractivity contribution >= 4 is 69.2 Å². The molecular weight excluding hydrogens is 761 g/mol. The fourth-order valence-corrected chi connectivity index (χ4v) is 9.07. The summed E-state index contributed by atoms with van der Waals surface area (Å²) in [4.78, 5) is 67.4. The molecule has 0 spiro atoms. The number of anilines is 2. The van der Waals surface area contributed by atoms with E-state index in [2.05, 4.69) is 36.7 Å². The van der Waals surface area contributed by atoms with Crippen LogP contribution in [0.5, 0.6) is 0 Å². The minimum absolute atomic E-state index is 0.0934. The number of fused-ring (bicyclic) bond motifs is 1. The number of nitro groups is 1. The number of nitrogens with zero attached hydrogens (tertiary/aromatic N) is 1. The van der Waals surface area contributed by atoms with Gasteiger partial charge in [-0.05, 0) is 84.2 Å². The number of hydrogen-bond acceptors (Lipinski definition) is 9. The number of esters is 1. The predicted octanol–water partition coefficient (Wildman–Crippen LogP) is 9.48. The zero-order valence-electron chi connectivity index (χ0n) is 31.9. The van der Waals surface area contributed by atoms with Gasteiger partial charge in [-0.15, -0.1) is 23.1 Å². The summed E-state index contributed by atoms with van der Waals surface area (Å²) in [6.07, 6.45) is 3.73. The van der Waals surface area contributed by atoms with Gasteiger partial charge < -0.3 is 20.7 Å². The van der Waals surface area contributed by atoms with Crippen LogP contribution >= 0.6 is 23.1 Å². The second-order valence-corrected chi connectivity index (χ2v) is 16.9. The predicted molar refractivity (Wildman–Crippen MR) is 224 cm³/mol. The zero-order chi connectivity index (χ0) is 40.7. The highest BCUT2D eigenvalue weighted by atomic mass is 32.2. The minimum Gasteiger partial charge on any atom is -0.465 e. The van der Waals surface area contributed by atoms with Crippen molar-refractivity contribution in [2.75, 3.05) is 17.7 Å². The van der Waals surface area contributed by atoms with Crippen LogP contribution in [0.25, 0.3) is 6.08 Å². The third kappa shape index (κ3) is 9.86. The number of hydrogen-bond donors (Lipinski definition) is 3. The highest BCUT2D eigenvalue weighted by Gasteiger charge is 2.35. The first-order valence-corrected chi connectivity index (χ1v) is 20.0. The SMILES string of the molecule is COC(=O)c1c(NC(=O)C(Sc2cccc(NC(=O)/C(=C\c3ccccc3[N+](=O)[O-])NC(=O)c3ccccc3)c2)c2ccccc2)sc2c1CCC(C(C)(C)C)C2. The van der Waals surface area contributed by atoms with Gasteiger partial charge in [0.15, 0.2) is 0 Å². The fraction of sp³-hybridized carbons (Fsp3) is 0.227. The van der Waals surface area contributed by atoms with Crippen molar-refractivity contribution in [3.8, 4) is 0 Å². The van der Waals surface area contributed by atoms with Gasteiger partial charge in [-0.3, -0.25) is 24.5 Å². The lowest BCUT2D eigenvalue weighted by Gasteiger charge is -2.33. The zero-order valence-corrected chi connectivity index (χ0v) is 33.5. The van der Waals surface area contributed by atoms with Crippen molar-refractivity contribution < 1.29 is 28.8 Å². The first-order chi connectivity index (χ1) is 27.3. The van der Waals surface area contributed by atoms with E-state index < -0.39 is 28.0 Å². The summed E-state index contributed by atoms with van der Waals surface area (Å²) in [7, 11) is 1.34. The van der Waals surface area contributed by atoms with E-state index in [0.717, 1.165) is 35.3 Å². The quantitative estimate of drug-likeness (QED) is 0.0370.